The number of rotatable bonds is 7. The number of carbonyl (C=O) groups excluding carboxylic acids is 2. The molecule has 8 heteroatoms. The lowest BCUT2D eigenvalue weighted by Crippen LogP contribution is -2.29. The molecule has 2 aromatic rings. The van der Waals surface area contributed by atoms with E-state index in [1.807, 2.05) is 12.1 Å². The maximum absolute atomic E-state index is 12.3. The number of benzene rings is 2. The zero-order chi connectivity index (χ0) is 20.6. The first-order chi connectivity index (χ1) is 14.0. The first-order valence-corrected chi connectivity index (χ1v) is 9.38. The van der Waals surface area contributed by atoms with Crippen LogP contribution in [0.1, 0.15) is 29.6 Å². The largest absolute Gasteiger partial charge is 0.452 e. The summed E-state index contributed by atoms with van der Waals surface area (Å²) in [5, 5.41) is 2.66. The third kappa shape index (κ3) is 6.17. The average molecular weight is 404 g/mol. The smallest absolute Gasteiger partial charge is 0.387 e. The normalized spacial score (nSPS) is 13.8. The number of carbonyl (C=O) groups is 2. The maximum Gasteiger partial charge on any atom is 0.387 e. The van der Waals surface area contributed by atoms with Gasteiger partial charge in [0.25, 0.3) is 5.91 Å². The Morgan fingerprint density at radius 2 is 1.76 bits per heavy atom. The van der Waals surface area contributed by atoms with Crippen LogP contribution in [0.15, 0.2) is 48.5 Å². The standard InChI is InChI=1S/C21H22F2N2O4/c22-21(23)29-18-6-4-5-15(13-18)20(27)28-14-19(26)24-16-7-9-17(10-8-16)25-11-2-1-3-12-25/h4-10,13,21H,1-3,11-12,14H2,(H,24,26). The van der Waals surface area contributed by atoms with Crippen molar-refractivity contribution in [2.24, 2.45) is 0 Å². The molecule has 2 aromatic carbocycles. The molecule has 0 atom stereocenters. The summed E-state index contributed by atoms with van der Waals surface area (Å²) in [5.41, 5.74) is 1.72. The summed E-state index contributed by atoms with van der Waals surface area (Å²) in [6.07, 6.45) is 3.62. The van der Waals surface area contributed by atoms with Gasteiger partial charge < -0.3 is 19.7 Å². The topological polar surface area (TPSA) is 67.9 Å². The van der Waals surface area contributed by atoms with Crippen molar-refractivity contribution in [3.63, 3.8) is 0 Å². The molecule has 0 aliphatic carbocycles. The van der Waals surface area contributed by atoms with E-state index in [1.54, 1.807) is 12.1 Å². The van der Waals surface area contributed by atoms with E-state index < -0.39 is 25.1 Å². The van der Waals surface area contributed by atoms with Crippen LogP contribution < -0.4 is 15.0 Å². The molecule has 1 N–H and O–H groups in total. The Morgan fingerprint density at radius 3 is 2.45 bits per heavy atom. The van der Waals surface area contributed by atoms with E-state index in [4.69, 9.17) is 4.74 Å². The van der Waals surface area contributed by atoms with Crippen LogP contribution in [-0.4, -0.2) is 38.2 Å². The maximum atomic E-state index is 12.3. The summed E-state index contributed by atoms with van der Waals surface area (Å²) in [6, 6.07) is 12.7. The highest BCUT2D eigenvalue weighted by Gasteiger charge is 2.14. The van der Waals surface area contributed by atoms with Crippen molar-refractivity contribution >= 4 is 23.3 Å². The Hall–Kier alpha value is -3.16. The number of nitrogens with one attached hydrogen (secondary N) is 1. The summed E-state index contributed by atoms with van der Waals surface area (Å²) in [6.45, 7) is -1.42. The average Bonchev–Trinajstić information content (AvgIpc) is 2.73. The second-order valence-electron chi connectivity index (χ2n) is 6.63. The first kappa shape index (κ1) is 20.6. The number of anilines is 2. The summed E-state index contributed by atoms with van der Waals surface area (Å²) >= 11 is 0. The van der Waals surface area contributed by atoms with Crippen LogP contribution >= 0.6 is 0 Å². The van der Waals surface area contributed by atoms with Gasteiger partial charge in [0.15, 0.2) is 6.61 Å². The van der Waals surface area contributed by atoms with Gasteiger partial charge in [-0.05, 0) is 61.7 Å². The van der Waals surface area contributed by atoms with Gasteiger partial charge >= 0.3 is 12.6 Å². The van der Waals surface area contributed by atoms with Crippen LogP contribution in [0, 0.1) is 0 Å². The Balaban J connectivity index is 1.48. The zero-order valence-electron chi connectivity index (χ0n) is 15.8. The number of nitrogens with zero attached hydrogens (tertiary/aromatic N) is 1. The molecule has 1 amide bonds. The van der Waals surface area contributed by atoms with Gasteiger partial charge in [-0.3, -0.25) is 4.79 Å². The fourth-order valence-corrected chi connectivity index (χ4v) is 3.12. The molecule has 6 nitrogen and oxygen atoms in total. The number of hydrogen-bond acceptors (Lipinski definition) is 5. The van der Waals surface area contributed by atoms with Crippen molar-refractivity contribution in [3.8, 4) is 5.75 Å². The zero-order valence-corrected chi connectivity index (χ0v) is 15.8. The molecule has 0 spiro atoms. The Kier molecular flexibility index (Phi) is 6.99. The van der Waals surface area contributed by atoms with Crippen LogP contribution in [-0.2, 0) is 9.53 Å². The molecular weight excluding hydrogens is 382 g/mol. The van der Waals surface area contributed by atoms with Gasteiger partial charge in [0, 0.05) is 24.5 Å². The second kappa shape index (κ2) is 9.86. The van der Waals surface area contributed by atoms with E-state index in [1.165, 1.54) is 37.5 Å². The highest BCUT2D eigenvalue weighted by Crippen LogP contribution is 2.22. The molecular formula is C21H22F2N2O4. The fourth-order valence-electron chi connectivity index (χ4n) is 3.12. The SMILES string of the molecule is O=C(COC(=O)c1cccc(OC(F)F)c1)Nc1ccc(N2CCCCC2)cc1. The number of amides is 1. The number of piperidine rings is 1. The van der Waals surface area contributed by atoms with Crippen molar-refractivity contribution in [3.05, 3.63) is 54.1 Å². The van der Waals surface area contributed by atoms with Crippen LogP contribution in [0.5, 0.6) is 5.75 Å². The van der Waals surface area contributed by atoms with E-state index in [-0.39, 0.29) is 11.3 Å². The minimum Gasteiger partial charge on any atom is -0.452 e. The molecule has 1 heterocycles. The molecule has 0 bridgehead atoms. The Labute approximate surface area is 167 Å². The van der Waals surface area contributed by atoms with Gasteiger partial charge in [-0.15, -0.1) is 0 Å². The summed E-state index contributed by atoms with van der Waals surface area (Å²) in [4.78, 5) is 26.3. The van der Waals surface area contributed by atoms with Crippen LogP contribution in [0.25, 0.3) is 0 Å². The predicted molar refractivity (Wildman–Crippen MR) is 104 cm³/mol. The number of esters is 1. The third-order valence-electron chi connectivity index (χ3n) is 4.50. The van der Waals surface area contributed by atoms with Crippen LogP contribution in [0.3, 0.4) is 0 Å². The highest BCUT2D eigenvalue weighted by molar-refractivity contribution is 5.95. The van der Waals surface area contributed by atoms with Crippen molar-refractivity contribution in [1.29, 1.82) is 0 Å². The molecule has 1 aliphatic heterocycles. The molecule has 0 radical (unpaired) electrons. The molecule has 29 heavy (non-hydrogen) atoms. The van der Waals surface area contributed by atoms with Crippen LogP contribution in [0.2, 0.25) is 0 Å². The second-order valence-corrected chi connectivity index (χ2v) is 6.63. The van der Waals surface area contributed by atoms with Gasteiger partial charge in [0.05, 0.1) is 5.56 Å². The number of ether oxygens (including phenoxy) is 2. The Bertz CT molecular complexity index is 837. The van der Waals surface area contributed by atoms with Crippen molar-refractivity contribution in [2.45, 2.75) is 25.9 Å². The highest BCUT2D eigenvalue weighted by atomic mass is 19.3. The molecule has 0 unspecified atom stereocenters. The lowest BCUT2D eigenvalue weighted by Gasteiger charge is -2.28. The van der Waals surface area contributed by atoms with Gasteiger partial charge in [-0.2, -0.15) is 8.78 Å². The lowest BCUT2D eigenvalue weighted by atomic mass is 10.1. The molecule has 1 aliphatic rings. The van der Waals surface area contributed by atoms with Crippen LogP contribution in [0.4, 0.5) is 20.2 Å². The molecule has 154 valence electrons. The van der Waals surface area contributed by atoms with E-state index >= 15 is 0 Å². The summed E-state index contributed by atoms with van der Waals surface area (Å²) < 4.78 is 33.7. The number of halogens is 2. The molecule has 1 fully saturated rings. The molecule has 0 aromatic heterocycles. The van der Waals surface area contributed by atoms with Gasteiger partial charge in [-0.25, -0.2) is 4.79 Å². The summed E-state index contributed by atoms with van der Waals surface area (Å²) in [5.74, 6) is -1.46. The summed E-state index contributed by atoms with van der Waals surface area (Å²) in [7, 11) is 0. The van der Waals surface area contributed by atoms with Crippen molar-refractivity contribution in [1.82, 2.24) is 0 Å². The molecule has 0 saturated carbocycles. The molecule has 3 rings (SSSR count). The Morgan fingerprint density at radius 1 is 1.03 bits per heavy atom. The lowest BCUT2D eigenvalue weighted by molar-refractivity contribution is -0.119. The van der Waals surface area contributed by atoms with E-state index in [0.717, 1.165) is 24.8 Å². The quantitative estimate of drug-likeness (QED) is 0.705. The minimum atomic E-state index is -2.99. The third-order valence-corrected chi connectivity index (χ3v) is 4.50. The van der Waals surface area contributed by atoms with Gasteiger partial charge in [0.2, 0.25) is 0 Å². The van der Waals surface area contributed by atoms with Gasteiger partial charge in [-0.1, -0.05) is 6.07 Å². The molecule has 1 saturated heterocycles. The first-order valence-electron chi connectivity index (χ1n) is 9.38. The fraction of sp³-hybridized carbons (Fsp3) is 0.333. The predicted octanol–water partition coefficient (Wildman–Crippen LogP) is 4.07. The van der Waals surface area contributed by atoms with E-state index in [0.29, 0.717) is 5.69 Å². The number of alkyl halides is 2. The monoisotopic (exact) mass is 404 g/mol. The van der Waals surface area contributed by atoms with Crippen molar-refractivity contribution < 1.29 is 27.8 Å². The van der Waals surface area contributed by atoms with Gasteiger partial charge in [0.1, 0.15) is 5.75 Å². The minimum absolute atomic E-state index is 0.0156. The van der Waals surface area contributed by atoms with E-state index in [9.17, 15) is 18.4 Å². The number of hydrogen-bond donors (Lipinski definition) is 1. The van der Waals surface area contributed by atoms with E-state index in [2.05, 4.69) is 15.0 Å². The van der Waals surface area contributed by atoms with Crippen molar-refractivity contribution in [2.75, 3.05) is 29.9 Å².